The summed E-state index contributed by atoms with van der Waals surface area (Å²) in [4.78, 5) is 55.4. The molecule has 0 bridgehead atoms. The molecule has 1 amide bonds. The van der Waals surface area contributed by atoms with E-state index in [-0.39, 0.29) is 36.7 Å². The van der Waals surface area contributed by atoms with Crippen molar-refractivity contribution in [2.45, 2.75) is 13.8 Å². The Kier molecular flexibility index (Phi) is 8.42. The van der Waals surface area contributed by atoms with Crippen LogP contribution in [-0.2, 0) is 26.1 Å². The van der Waals surface area contributed by atoms with E-state index in [9.17, 15) is 24.5 Å². The number of ether oxygens (including phenoxy) is 2. The first-order valence-corrected chi connectivity index (χ1v) is 12.3. The number of amides is 1. The molecule has 0 unspecified atom stereocenters. The molecular formula is C27H28N6O7. The third-order valence-electron chi connectivity index (χ3n) is 6.01. The first-order valence-electron chi connectivity index (χ1n) is 12.3. The van der Waals surface area contributed by atoms with Crippen LogP contribution < -0.4 is 10.2 Å². The van der Waals surface area contributed by atoms with Crippen molar-refractivity contribution in [2.24, 2.45) is 7.05 Å². The molecule has 4 aromatic rings. The van der Waals surface area contributed by atoms with Crippen molar-refractivity contribution in [2.75, 3.05) is 36.5 Å². The third-order valence-corrected chi connectivity index (χ3v) is 6.01. The highest BCUT2D eigenvalue weighted by Crippen LogP contribution is 2.26. The van der Waals surface area contributed by atoms with Gasteiger partial charge >= 0.3 is 11.9 Å². The molecule has 40 heavy (non-hydrogen) atoms. The monoisotopic (exact) mass is 548 g/mol. The minimum atomic E-state index is -0.468. The van der Waals surface area contributed by atoms with Gasteiger partial charge < -0.3 is 29.2 Å². The van der Waals surface area contributed by atoms with E-state index < -0.39 is 4.92 Å². The number of aryl methyl sites for hydroxylation is 1. The number of aromatic nitrogens is 3. The fourth-order valence-corrected chi connectivity index (χ4v) is 4.08. The molecule has 0 saturated carbocycles. The fraction of sp³-hybridized carbons (Fsp3) is 0.259. The van der Waals surface area contributed by atoms with Gasteiger partial charge in [-0.1, -0.05) is 0 Å². The number of benzene rings is 2. The average Bonchev–Trinajstić information content (AvgIpc) is 3.50. The van der Waals surface area contributed by atoms with Gasteiger partial charge in [-0.25, -0.2) is 4.98 Å². The second-order valence-corrected chi connectivity index (χ2v) is 8.94. The van der Waals surface area contributed by atoms with Crippen molar-refractivity contribution < 1.29 is 28.8 Å². The highest BCUT2D eigenvalue weighted by molar-refractivity contribution is 6.06. The number of carbonyl (C=O) groups is 3. The van der Waals surface area contributed by atoms with E-state index in [1.165, 1.54) is 26.1 Å². The van der Waals surface area contributed by atoms with Gasteiger partial charge in [0, 0.05) is 43.9 Å². The molecule has 208 valence electrons. The Hall–Kier alpha value is -5.20. The first kappa shape index (κ1) is 27.8. The minimum absolute atomic E-state index is 0.0408. The highest BCUT2D eigenvalue weighted by Gasteiger charge is 2.17. The van der Waals surface area contributed by atoms with Crippen LogP contribution in [0, 0.1) is 10.1 Å². The molecule has 0 radical (unpaired) electrons. The van der Waals surface area contributed by atoms with Gasteiger partial charge in [-0.05, 0) is 42.5 Å². The molecule has 0 fully saturated rings. The number of imidazole rings is 1. The lowest BCUT2D eigenvalue weighted by Gasteiger charge is -2.24. The van der Waals surface area contributed by atoms with Gasteiger partial charge in [-0.2, -0.15) is 0 Å². The van der Waals surface area contributed by atoms with Gasteiger partial charge in [-0.15, -0.1) is 0 Å². The lowest BCUT2D eigenvalue weighted by atomic mass is 10.2. The van der Waals surface area contributed by atoms with Gasteiger partial charge in [0.15, 0.2) is 5.82 Å². The molecule has 2 N–H and O–H groups in total. The predicted octanol–water partition coefficient (Wildman–Crippen LogP) is 3.66. The second-order valence-electron chi connectivity index (χ2n) is 8.94. The van der Waals surface area contributed by atoms with Crippen LogP contribution in [0.3, 0.4) is 0 Å². The number of aromatic amines is 1. The van der Waals surface area contributed by atoms with Crippen molar-refractivity contribution >= 4 is 45.9 Å². The summed E-state index contributed by atoms with van der Waals surface area (Å²) in [7, 11) is 1.69. The van der Waals surface area contributed by atoms with Crippen LogP contribution in [0.1, 0.15) is 24.2 Å². The van der Waals surface area contributed by atoms with Gasteiger partial charge in [0.25, 0.3) is 11.6 Å². The second kappa shape index (κ2) is 12.1. The van der Waals surface area contributed by atoms with Crippen molar-refractivity contribution in [1.29, 1.82) is 0 Å². The summed E-state index contributed by atoms with van der Waals surface area (Å²) < 4.78 is 11.7. The van der Waals surface area contributed by atoms with E-state index in [4.69, 9.17) is 9.47 Å². The smallest absolute Gasteiger partial charge is 0.302 e. The van der Waals surface area contributed by atoms with Crippen LogP contribution in [0.15, 0.2) is 54.7 Å². The molecule has 0 spiro atoms. The van der Waals surface area contributed by atoms with Gasteiger partial charge in [-0.3, -0.25) is 24.5 Å². The predicted molar refractivity (Wildman–Crippen MR) is 147 cm³/mol. The number of nitrogens with zero attached hydrogens (tertiary/aromatic N) is 4. The normalized spacial score (nSPS) is 10.8. The van der Waals surface area contributed by atoms with Crippen molar-refractivity contribution in [1.82, 2.24) is 14.5 Å². The van der Waals surface area contributed by atoms with E-state index in [0.717, 1.165) is 5.69 Å². The van der Waals surface area contributed by atoms with Crippen LogP contribution in [0.4, 0.5) is 17.1 Å². The number of rotatable bonds is 11. The lowest BCUT2D eigenvalue weighted by Crippen LogP contribution is -2.31. The molecule has 2 aromatic carbocycles. The Bertz CT molecular complexity index is 1540. The molecule has 2 heterocycles. The Labute approximate surface area is 228 Å². The zero-order valence-electron chi connectivity index (χ0n) is 22.2. The number of H-pyrrole nitrogens is 1. The van der Waals surface area contributed by atoms with Gasteiger partial charge in [0.2, 0.25) is 0 Å². The quantitative estimate of drug-likeness (QED) is 0.162. The van der Waals surface area contributed by atoms with E-state index in [1.807, 2.05) is 4.90 Å². The Morgan fingerprint density at radius 1 is 1.02 bits per heavy atom. The number of fused-ring (bicyclic) bond motifs is 1. The van der Waals surface area contributed by atoms with Crippen LogP contribution in [-0.4, -0.2) is 63.6 Å². The first-order chi connectivity index (χ1) is 19.1. The Morgan fingerprint density at radius 3 is 2.25 bits per heavy atom. The molecule has 0 aliphatic carbocycles. The number of hydrogen-bond acceptors (Lipinski definition) is 9. The number of esters is 2. The van der Waals surface area contributed by atoms with Crippen molar-refractivity contribution in [3.63, 3.8) is 0 Å². The number of anilines is 2. The third kappa shape index (κ3) is 6.81. The summed E-state index contributed by atoms with van der Waals surface area (Å²) in [6, 6.07) is 13.5. The zero-order chi connectivity index (χ0) is 28.8. The molecule has 2 aromatic heterocycles. The maximum absolute atomic E-state index is 13.0. The minimum Gasteiger partial charge on any atom is -0.464 e. The van der Waals surface area contributed by atoms with Gasteiger partial charge in [0.05, 0.1) is 40.9 Å². The summed E-state index contributed by atoms with van der Waals surface area (Å²) in [6.45, 7) is 3.81. The molecule has 0 atom stereocenters. The average molecular weight is 549 g/mol. The summed E-state index contributed by atoms with van der Waals surface area (Å²) in [5, 5.41) is 14.0. The van der Waals surface area contributed by atoms with Crippen LogP contribution >= 0.6 is 0 Å². The van der Waals surface area contributed by atoms with Crippen molar-refractivity contribution in [3.8, 4) is 11.5 Å². The standard InChI is InChI=1S/C27H28N6O7/c1-17(34)39-12-10-32(11-13-40-18(2)35)21-7-5-20(6-8-21)28-27(36)19-4-9-23-24(14-19)30-26(29-23)25-15-22(33(37)38)16-31(25)3/h4-9,14-16H,10-13H2,1-3H3,(H,28,36)(H,29,30). The van der Waals surface area contributed by atoms with Crippen LogP contribution in [0.5, 0.6) is 0 Å². The van der Waals surface area contributed by atoms with E-state index in [1.54, 1.807) is 54.1 Å². The summed E-state index contributed by atoms with van der Waals surface area (Å²) in [5.41, 5.74) is 3.49. The summed E-state index contributed by atoms with van der Waals surface area (Å²) >= 11 is 0. The lowest BCUT2D eigenvalue weighted by molar-refractivity contribution is -0.384. The SMILES string of the molecule is CC(=O)OCCN(CCOC(C)=O)c1ccc(NC(=O)c2ccc3nc(-c4cc([N+](=O)[O-])cn4C)[nH]c3c2)cc1. The molecule has 13 nitrogen and oxygen atoms in total. The van der Waals surface area contributed by atoms with Crippen LogP contribution in [0.25, 0.3) is 22.6 Å². The summed E-state index contributed by atoms with van der Waals surface area (Å²) in [5.74, 6) is -0.648. The highest BCUT2D eigenvalue weighted by atomic mass is 16.6. The molecular weight excluding hydrogens is 520 g/mol. The summed E-state index contributed by atoms with van der Waals surface area (Å²) in [6.07, 6.45) is 1.41. The number of nitrogens with one attached hydrogen (secondary N) is 2. The fourth-order valence-electron chi connectivity index (χ4n) is 4.08. The van der Waals surface area contributed by atoms with E-state index >= 15 is 0 Å². The topological polar surface area (TPSA) is 162 Å². The zero-order valence-corrected chi connectivity index (χ0v) is 22.2. The maximum Gasteiger partial charge on any atom is 0.302 e. The molecule has 0 saturated heterocycles. The van der Waals surface area contributed by atoms with Gasteiger partial charge in [0.1, 0.15) is 13.2 Å². The Morgan fingerprint density at radius 2 is 1.68 bits per heavy atom. The van der Waals surface area contributed by atoms with E-state index in [0.29, 0.717) is 46.9 Å². The molecule has 0 aliphatic rings. The maximum atomic E-state index is 13.0. The Balaban J connectivity index is 1.45. The number of carbonyl (C=O) groups excluding carboxylic acids is 3. The molecule has 4 rings (SSSR count). The van der Waals surface area contributed by atoms with Crippen molar-refractivity contribution in [3.05, 3.63) is 70.4 Å². The number of hydrogen-bond donors (Lipinski definition) is 2. The largest absolute Gasteiger partial charge is 0.464 e. The van der Waals surface area contributed by atoms with Crippen LogP contribution in [0.2, 0.25) is 0 Å². The number of nitro groups is 1. The van der Waals surface area contributed by atoms with E-state index in [2.05, 4.69) is 15.3 Å². The molecule has 13 heteroatoms. The molecule has 0 aliphatic heterocycles.